The van der Waals surface area contributed by atoms with Gasteiger partial charge in [0.15, 0.2) is 16.7 Å². The maximum atomic E-state index is 13.2. The van der Waals surface area contributed by atoms with E-state index in [2.05, 4.69) is 15.5 Å². The fourth-order valence-corrected chi connectivity index (χ4v) is 4.16. The van der Waals surface area contributed by atoms with Gasteiger partial charge in [-0.2, -0.15) is 0 Å². The van der Waals surface area contributed by atoms with Gasteiger partial charge in [-0.25, -0.2) is 4.39 Å². The maximum Gasteiger partial charge on any atom is 0.300 e. The lowest BCUT2D eigenvalue weighted by atomic mass is 10.2. The van der Waals surface area contributed by atoms with Crippen LogP contribution in [0.1, 0.15) is 6.92 Å². The quantitative estimate of drug-likeness (QED) is 0.451. The number of carbonyl (C=O) groups excluding carboxylic acids is 1. The fourth-order valence-electron chi connectivity index (χ4n) is 3.33. The number of fused-ring (bicyclic) bond motifs is 2. The number of halogens is 1. The van der Waals surface area contributed by atoms with E-state index in [1.54, 1.807) is 37.5 Å². The maximum absolute atomic E-state index is 13.2. The Labute approximate surface area is 191 Å². The number of benzene rings is 2. The molecule has 9 nitrogen and oxygen atoms in total. The van der Waals surface area contributed by atoms with Crippen LogP contribution in [0.25, 0.3) is 11.3 Å². The van der Waals surface area contributed by atoms with Crippen LogP contribution in [-0.4, -0.2) is 43.5 Å². The second-order valence-corrected chi connectivity index (χ2v) is 8.54. The zero-order chi connectivity index (χ0) is 22.9. The molecule has 4 aromatic rings. The Bertz CT molecular complexity index is 1400. The van der Waals surface area contributed by atoms with Crippen molar-refractivity contribution < 1.29 is 18.7 Å². The van der Waals surface area contributed by atoms with Crippen molar-refractivity contribution in [3.8, 4) is 17.2 Å². The van der Waals surface area contributed by atoms with Gasteiger partial charge in [0.2, 0.25) is 11.6 Å². The van der Waals surface area contributed by atoms with E-state index in [1.807, 2.05) is 0 Å². The molecule has 0 bridgehead atoms. The number of ether oxygens (including phenoxy) is 2. The van der Waals surface area contributed by atoms with Crippen molar-refractivity contribution in [1.29, 1.82) is 0 Å². The van der Waals surface area contributed by atoms with Gasteiger partial charge in [-0.1, -0.05) is 11.8 Å². The number of rotatable bonds is 5. The number of hydrogen-bond donors (Lipinski definition) is 1. The van der Waals surface area contributed by atoms with E-state index in [4.69, 9.17) is 9.47 Å². The highest BCUT2D eigenvalue weighted by molar-refractivity contribution is 8.00. The van der Waals surface area contributed by atoms with Gasteiger partial charge in [0.25, 0.3) is 0 Å². The van der Waals surface area contributed by atoms with Crippen molar-refractivity contribution in [2.45, 2.75) is 17.3 Å². The van der Waals surface area contributed by atoms with Crippen LogP contribution in [0.2, 0.25) is 0 Å². The van der Waals surface area contributed by atoms with Gasteiger partial charge in [-0.05, 0) is 43.3 Å². The predicted molar refractivity (Wildman–Crippen MR) is 120 cm³/mol. The minimum absolute atomic E-state index is 0.101. The molecule has 1 amide bonds. The average Bonchev–Trinajstić information content (AvgIpc) is 3.23. The molecule has 1 aliphatic rings. The molecular weight excluding hydrogens is 449 g/mol. The summed E-state index contributed by atoms with van der Waals surface area (Å²) in [7, 11) is 0. The highest BCUT2D eigenvalue weighted by Crippen LogP contribution is 2.33. The van der Waals surface area contributed by atoms with E-state index < -0.39 is 16.6 Å². The molecule has 11 heteroatoms. The van der Waals surface area contributed by atoms with Crippen molar-refractivity contribution in [3.63, 3.8) is 0 Å². The molecule has 2 aromatic carbocycles. The summed E-state index contributed by atoms with van der Waals surface area (Å²) in [6, 6.07) is 10.8. The minimum Gasteiger partial charge on any atom is -0.486 e. The first-order chi connectivity index (χ1) is 16.0. The number of aromatic nitrogens is 4. The number of nitrogens with one attached hydrogen (secondary N) is 1. The number of hydrogen-bond acceptors (Lipinski definition) is 7. The van der Waals surface area contributed by atoms with Gasteiger partial charge in [-0.3, -0.25) is 18.6 Å². The summed E-state index contributed by atoms with van der Waals surface area (Å²) in [5.41, 5.74) is 0.791. The third kappa shape index (κ3) is 4.14. The normalized spacial score (nSPS) is 13.6. The lowest BCUT2D eigenvalue weighted by Gasteiger charge is -2.19. The highest BCUT2D eigenvalue weighted by atomic mass is 32.2. The summed E-state index contributed by atoms with van der Waals surface area (Å²) in [4.78, 5) is 25.6. The summed E-state index contributed by atoms with van der Waals surface area (Å²) in [6.45, 7) is 2.69. The van der Waals surface area contributed by atoms with Crippen molar-refractivity contribution in [3.05, 3.63) is 71.0 Å². The zero-order valence-electron chi connectivity index (χ0n) is 17.4. The monoisotopic (exact) mass is 467 g/mol. The molecule has 0 fully saturated rings. The molecule has 1 aliphatic heterocycles. The molecule has 1 atom stereocenters. The Morgan fingerprint density at radius 3 is 2.64 bits per heavy atom. The Hall–Kier alpha value is -3.86. The molecular formula is C22H18FN5O4S. The summed E-state index contributed by atoms with van der Waals surface area (Å²) in [5.74, 6) is 0.591. The fraction of sp³-hybridized carbons (Fsp3) is 0.182. The van der Waals surface area contributed by atoms with Gasteiger partial charge < -0.3 is 14.8 Å². The minimum atomic E-state index is -0.523. The Balaban J connectivity index is 1.33. The van der Waals surface area contributed by atoms with Crippen molar-refractivity contribution in [2.24, 2.45) is 0 Å². The average molecular weight is 467 g/mol. The van der Waals surface area contributed by atoms with Gasteiger partial charge >= 0.3 is 5.56 Å². The SMILES string of the molecule is C[C@H](Sc1nnc2c(=O)n(-c3ccc(F)cc3)ccn12)C(=O)Nc1ccc2c(c1)OCCO2. The van der Waals surface area contributed by atoms with Crippen LogP contribution >= 0.6 is 11.8 Å². The molecule has 0 aliphatic carbocycles. The molecule has 0 saturated carbocycles. The highest BCUT2D eigenvalue weighted by Gasteiger charge is 2.20. The van der Waals surface area contributed by atoms with E-state index in [0.29, 0.717) is 41.2 Å². The van der Waals surface area contributed by atoms with Gasteiger partial charge in [0, 0.05) is 29.8 Å². The molecule has 3 heterocycles. The standard InChI is InChI=1S/C22H18FN5O4S/c1-13(20(29)24-15-4-7-17-18(12-15)32-11-10-31-17)33-22-26-25-19-21(30)27(8-9-28(19)22)16-5-2-14(23)3-6-16/h2-9,12-13H,10-11H2,1H3,(H,24,29)/t13-/m0/s1. The Kier molecular flexibility index (Phi) is 5.47. The Morgan fingerprint density at radius 2 is 1.85 bits per heavy atom. The number of nitrogens with zero attached hydrogens (tertiary/aromatic N) is 4. The summed E-state index contributed by atoms with van der Waals surface area (Å²) in [5, 5.41) is 10.8. The van der Waals surface area contributed by atoms with E-state index in [9.17, 15) is 14.0 Å². The molecule has 5 rings (SSSR count). The van der Waals surface area contributed by atoms with Crippen LogP contribution in [0.15, 0.2) is 64.8 Å². The number of amides is 1. The van der Waals surface area contributed by atoms with Crippen LogP contribution in [0.3, 0.4) is 0 Å². The van der Waals surface area contributed by atoms with Crippen LogP contribution in [0, 0.1) is 5.82 Å². The molecule has 1 N–H and O–H groups in total. The second-order valence-electron chi connectivity index (χ2n) is 7.23. The van der Waals surface area contributed by atoms with Gasteiger partial charge in [0.05, 0.1) is 5.25 Å². The summed E-state index contributed by atoms with van der Waals surface area (Å²) < 4.78 is 27.1. The van der Waals surface area contributed by atoms with Crippen molar-refractivity contribution in [2.75, 3.05) is 18.5 Å². The first-order valence-corrected chi connectivity index (χ1v) is 11.0. The zero-order valence-corrected chi connectivity index (χ0v) is 18.2. The second kappa shape index (κ2) is 8.58. The predicted octanol–water partition coefficient (Wildman–Crippen LogP) is 2.91. The smallest absolute Gasteiger partial charge is 0.300 e. The summed E-state index contributed by atoms with van der Waals surface area (Å²) in [6.07, 6.45) is 3.18. The largest absolute Gasteiger partial charge is 0.486 e. The lowest BCUT2D eigenvalue weighted by Crippen LogP contribution is -2.23. The van der Waals surface area contributed by atoms with E-state index in [-0.39, 0.29) is 11.6 Å². The molecule has 0 saturated heterocycles. The first kappa shape index (κ1) is 21.0. The van der Waals surface area contributed by atoms with Crippen molar-refractivity contribution in [1.82, 2.24) is 19.2 Å². The number of carbonyl (C=O) groups is 1. The van der Waals surface area contributed by atoms with Gasteiger partial charge in [0.1, 0.15) is 19.0 Å². The first-order valence-electron chi connectivity index (χ1n) is 10.1. The molecule has 2 aromatic heterocycles. The van der Waals surface area contributed by atoms with E-state index >= 15 is 0 Å². The van der Waals surface area contributed by atoms with Gasteiger partial charge in [-0.15, -0.1) is 10.2 Å². The van der Waals surface area contributed by atoms with Crippen LogP contribution in [-0.2, 0) is 4.79 Å². The third-order valence-electron chi connectivity index (χ3n) is 5.01. The molecule has 0 unspecified atom stereocenters. The summed E-state index contributed by atoms with van der Waals surface area (Å²) >= 11 is 1.17. The number of anilines is 1. The molecule has 0 spiro atoms. The number of thioether (sulfide) groups is 1. The van der Waals surface area contributed by atoms with Crippen LogP contribution in [0.4, 0.5) is 10.1 Å². The van der Waals surface area contributed by atoms with E-state index in [1.165, 1.54) is 45.0 Å². The molecule has 33 heavy (non-hydrogen) atoms. The van der Waals surface area contributed by atoms with Crippen LogP contribution in [0.5, 0.6) is 11.5 Å². The topological polar surface area (TPSA) is 99.8 Å². The Morgan fingerprint density at radius 1 is 1.09 bits per heavy atom. The third-order valence-corrected chi connectivity index (χ3v) is 6.06. The molecule has 0 radical (unpaired) electrons. The van der Waals surface area contributed by atoms with Crippen molar-refractivity contribution >= 4 is 29.0 Å². The van der Waals surface area contributed by atoms with E-state index in [0.717, 1.165) is 0 Å². The lowest BCUT2D eigenvalue weighted by molar-refractivity contribution is -0.115. The van der Waals surface area contributed by atoms with Crippen LogP contribution < -0.4 is 20.3 Å². The molecule has 168 valence electrons.